The van der Waals surface area contributed by atoms with Gasteiger partial charge in [0.05, 0.1) is 12.2 Å². The Hall–Kier alpha value is -2.80. The average molecular weight is 444 g/mol. The van der Waals surface area contributed by atoms with Crippen molar-refractivity contribution in [3.8, 4) is 0 Å². The van der Waals surface area contributed by atoms with E-state index in [-0.39, 0.29) is 23.6 Å². The summed E-state index contributed by atoms with van der Waals surface area (Å²) < 4.78 is 5.22. The molecule has 2 aliphatic rings. The van der Waals surface area contributed by atoms with Crippen molar-refractivity contribution in [2.45, 2.75) is 25.8 Å². The zero-order valence-electron chi connectivity index (χ0n) is 17.3. The Balaban J connectivity index is 1.35. The molecule has 1 aromatic carbocycles. The largest absolute Gasteiger partial charge is 0.459 e. The Morgan fingerprint density at radius 3 is 2.52 bits per heavy atom. The molecule has 3 amide bonds. The number of hydrogen-bond donors (Lipinski definition) is 0. The number of hydrogen-bond acceptors (Lipinski definition) is 4. The third-order valence-electron chi connectivity index (χ3n) is 5.96. The first-order valence-electron chi connectivity index (χ1n) is 10.6. The Morgan fingerprint density at radius 2 is 1.77 bits per heavy atom. The fourth-order valence-electron chi connectivity index (χ4n) is 4.23. The molecule has 1 aromatic heterocycles. The van der Waals surface area contributed by atoms with Gasteiger partial charge in [0.2, 0.25) is 11.8 Å². The number of rotatable bonds is 4. The van der Waals surface area contributed by atoms with Crippen LogP contribution in [0.15, 0.2) is 47.1 Å². The molecule has 164 valence electrons. The van der Waals surface area contributed by atoms with Gasteiger partial charge in [-0.15, -0.1) is 0 Å². The van der Waals surface area contributed by atoms with Crippen LogP contribution < -0.4 is 0 Å². The molecule has 2 aromatic rings. The maximum Gasteiger partial charge on any atom is 0.289 e. The number of benzene rings is 1. The van der Waals surface area contributed by atoms with E-state index in [1.807, 2.05) is 17.0 Å². The number of carbonyl (C=O) groups excluding carboxylic acids is 3. The predicted molar refractivity (Wildman–Crippen MR) is 115 cm³/mol. The van der Waals surface area contributed by atoms with Gasteiger partial charge in [0.1, 0.15) is 0 Å². The zero-order chi connectivity index (χ0) is 21.8. The second kappa shape index (κ2) is 9.56. The number of furan rings is 1. The summed E-state index contributed by atoms with van der Waals surface area (Å²) in [6, 6.07) is 10.8. The Morgan fingerprint density at radius 1 is 1.03 bits per heavy atom. The Labute approximate surface area is 186 Å². The van der Waals surface area contributed by atoms with E-state index in [1.54, 1.807) is 34.1 Å². The van der Waals surface area contributed by atoms with E-state index in [0.717, 1.165) is 12.0 Å². The highest BCUT2D eigenvalue weighted by Crippen LogP contribution is 2.23. The van der Waals surface area contributed by atoms with Crippen molar-refractivity contribution >= 4 is 29.3 Å². The predicted octanol–water partition coefficient (Wildman–Crippen LogP) is 3.05. The second-order valence-electron chi connectivity index (χ2n) is 8.08. The van der Waals surface area contributed by atoms with E-state index in [0.29, 0.717) is 62.9 Å². The molecule has 4 rings (SSSR count). The average Bonchev–Trinajstić information content (AvgIpc) is 3.20. The number of carbonyl (C=O) groups is 3. The van der Waals surface area contributed by atoms with Gasteiger partial charge in [-0.25, -0.2) is 0 Å². The molecule has 2 fully saturated rings. The molecule has 2 aliphatic heterocycles. The molecule has 0 saturated carbocycles. The maximum absolute atomic E-state index is 13.2. The van der Waals surface area contributed by atoms with Crippen molar-refractivity contribution in [2.75, 3.05) is 32.7 Å². The summed E-state index contributed by atoms with van der Waals surface area (Å²) in [4.78, 5) is 43.5. The van der Waals surface area contributed by atoms with Crippen LogP contribution in [0, 0.1) is 5.92 Å². The fourth-order valence-corrected chi connectivity index (χ4v) is 4.36. The Bertz CT molecular complexity index is 929. The smallest absolute Gasteiger partial charge is 0.289 e. The number of nitrogens with zero attached hydrogens (tertiary/aromatic N) is 3. The van der Waals surface area contributed by atoms with Crippen molar-refractivity contribution in [1.29, 1.82) is 0 Å². The van der Waals surface area contributed by atoms with Crippen LogP contribution in [0.1, 0.15) is 35.4 Å². The van der Waals surface area contributed by atoms with E-state index >= 15 is 0 Å². The lowest BCUT2D eigenvalue weighted by molar-refractivity contribution is -0.143. The van der Waals surface area contributed by atoms with Gasteiger partial charge >= 0.3 is 0 Å². The highest BCUT2D eigenvalue weighted by Gasteiger charge is 2.34. The van der Waals surface area contributed by atoms with Crippen molar-refractivity contribution in [2.24, 2.45) is 5.92 Å². The normalized spacial score (nSPS) is 20.0. The molecule has 0 radical (unpaired) electrons. The molecule has 7 nitrogen and oxygen atoms in total. The highest BCUT2D eigenvalue weighted by atomic mass is 35.5. The molecule has 8 heteroatoms. The monoisotopic (exact) mass is 443 g/mol. The standard InChI is InChI=1S/C23H26ClN3O4/c24-19-7-4-17(5-8-19)15-27-16-18(6-9-21(27)28)22(29)25-10-2-11-26(13-12-25)23(30)20-3-1-14-31-20/h1,3-5,7-8,14,18H,2,6,9-13,15-16H2/t18-/m0/s1. The lowest BCUT2D eigenvalue weighted by atomic mass is 9.95. The van der Waals surface area contributed by atoms with Crippen LogP contribution in [-0.2, 0) is 16.1 Å². The number of amides is 3. The Kier molecular flexibility index (Phi) is 6.61. The van der Waals surface area contributed by atoms with E-state index in [2.05, 4.69) is 0 Å². The SMILES string of the molecule is O=C1CC[C@H](C(=O)N2CCCN(C(=O)c3ccco3)CC2)CN1Cc1ccc(Cl)cc1. The molecule has 0 N–H and O–H groups in total. The minimum absolute atomic E-state index is 0.0703. The number of piperidine rings is 1. The van der Waals surface area contributed by atoms with Crippen molar-refractivity contribution in [3.63, 3.8) is 0 Å². The summed E-state index contributed by atoms with van der Waals surface area (Å²) in [6.07, 6.45) is 3.15. The topological polar surface area (TPSA) is 74.1 Å². The van der Waals surface area contributed by atoms with Crippen molar-refractivity contribution in [3.05, 3.63) is 59.0 Å². The molecule has 0 spiro atoms. The van der Waals surface area contributed by atoms with Gasteiger partial charge in [0.25, 0.3) is 5.91 Å². The molecule has 0 bridgehead atoms. The van der Waals surface area contributed by atoms with Crippen LogP contribution in [0.3, 0.4) is 0 Å². The van der Waals surface area contributed by atoms with Crippen LogP contribution in [-0.4, -0.2) is 65.1 Å². The maximum atomic E-state index is 13.2. The summed E-state index contributed by atoms with van der Waals surface area (Å²) >= 11 is 5.95. The molecular weight excluding hydrogens is 418 g/mol. The highest BCUT2D eigenvalue weighted by molar-refractivity contribution is 6.30. The zero-order valence-corrected chi connectivity index (χ0v) is 18.1. The summed E-state index contributed by atoms with van der Waals surface area (Å²) in [5.74, 6) is 0.114. The number of halogens is 1. The van der Waals surface area contributed by atoms with Gasteiger partial charge < -0.3 is 19.1 Å². The van der Waals surface area contributed by atoms with Crippen LogP contribution >= 0.6 is 11.6 Å². The first-order valence-corrected chi connectivity index (χ1v) is 11.0. The van der Waals surface area contributed by atoms with E-state index in [9.17, 15) is 14.4 Å². The number of likely N-dealkylation sites (tertiary alicyclic amines) is 1. The van der Waals surface area contributed by atoms with E-state index in [4.69, 9.17) is 16.0 Å². The first-order chi connectivity index (χ1) is 15.0. The molecular formula is C23H26ClN3O4. The minimum atomic E-state index is -0.211. The van der Waals surface area contributed by atoms with E-state index < -0.39 is 0 Å². The van der Waals surface area contributed by atoms with Gasteiger partial charge in [-0.3, -0.25) is 14.4 Å². The third-order valence-corrected chi connectivity index (χ3v) is 6.21. The quantitative estimate of drug-likeness (QED) is 0.728. The van der Waals surface area contributed by atoms with Crippen LogP contribution in [0.4, 0.5) is 0 Å². The molecule has 3 heterocycles. The first kappa shape index (κ1) is 21.4. The second-order valence-corrected chi connectivity index (χ2v) is 8.52. The molecule has 0 unspecified atom stereocenters. The lowest BCUT2D eigenvalue weighted by Gasteiger charge is -2.34. The van der Waals surface area contributed by atoms with Crippen LogP contribution in [0.2, 0.25) is 5.02 Å². The van der Waals surface area contributed by atoms with Gasteiger partial charge in [-0.2, -0.15) is 0 Å². The van der Waals surface area contributed by atoms with Gasteiger partial charge in [0, 0.05) is 50.7 Å². The summed E-state index contributed by atoms with van der Waals surface area (Å²) in [5.41, 5.74) is 0.993. The summed E-state index contributed by atoms with van der Waals surface area (Å²) in [6.45, 7) is 3.08. The fraction of sp³-hybridized carbons (Fsp3) is 0.435. The molecule has 31 heavy (non-hydrogen) atoms. The molecule has 2 saturated heterocycles. The molecule has 0 aliphatic carbocycles. The third kappa shape index (κ3) is 5.10. The van der Waals surface area contributed by atoms with Crippen molar-refractivity contribution in [1.82, 2.24) is 14.7 Å². The van der Waals surface area contributed by atoms with Crippen LogP contribution in [0.25, 0.3) is 0 Å². The minimum Gasteiger partial charge on any atom is -0.459 e. The summed E-state index contributed by atoms with van der Waals surface area (Å²) in [5, 5.41) is 0.655. The van der Waals surface area contributed by atoms with Gasteiger partial charge in [0.15, 0.2) is 5.76 Å². The van der Waals surface area contributed by atoms with Crippen molar-refractivity contribution < 1.29 is 18.8 Å². The molecule has 1 atom stereocenters. The summed E-state index contributed by atoms with van der Waals surface area (Å²) in [7, 11) is 0. The van der Waals surface area contributed by atoms with Gasteiger partial charge in [-0.1, -0.05) is 23.7 Å². The van der Waals surface area contributed by atoms with E-state index in [1.165, 1.54) is 6.26 Å². The lowest BCUT2D eigenvalue weighted by Crippen LogP contribution is -2.47. The van der Waals surface area contributed by atoms with Crippen LogP contribution in [0.5, 0.6) is 0 Å². The van der Waals surface area contributed by atoms with Gasteiger partial charge in [-0.05, 0) is 42.7 Å².